The van der Waals surface area contributed by atoms with Crippen LogP contribution in [0, 0.1) is 5.92 Å². The van der Waals surface area contributed by atoms with Crippen LogP contribution >= 0.6 is 0 Å². The summed E-state index contributed by atoms with van der Waals surface area (Å²) in [7, 11) is 2.28. The lowest BCUT2D eigenvalue weighted by atomic mass is 10.0. The average molecular weight is 325 g/mol. The van der Waals surface area contributed by atoms with E-state index in [2.05, 4.69) is 6.92 Å². The number of hydrogen-bond donors (Lipinski definition) is 0. The minimum absolute atomic E-state index is 0.404. The molecule has 0 aliphatic carbocycles. The molecule has 1 atom stereocenters. The van der Waals surface area contributed by atoms with Crippen LogP contribution in [0.1, 0.15) is 25.3 Å². The standard InChI is InChI=1S/C16H27N3O2S/c1-14-6-5-11-19(12-14)22(20,21)18(4)13-15-7-9-16(10-8-15)17(2)3/h7-10,14H,5-6,11-13H2,1-4H3. The van der Waals surface area contributed by atoms with Gasteiger partial charge in [0, 0.05) is 46.5 Å². The van der Waals surface area contributed by atoms with Crippen LogP contribution in [0.2, 0.25) is 0 Å². The van der Waals surface area contributed by atoms with Gasteiger partial charge >= 0.3 is 0 Å². The van der Waals surface area contributed by atoms with Gasteiger partial charge in [-0.05, 0) is 36.5 Å². The van der Waals surface area contributed by atoms with Crippen molar-refractivity contribution in [2.45, 2.75) is 26.3 Å². The Kier molecular flexibility index (Phi) is 5.47. The number of rotatable bonds is 5. The first-order chi connectivity index (χ1) is 10.3. The van der Waals surface area contributed by atoms with E-state index in [-0.39, 0.29) is 0 Å². The van der Waals surface area contributed by atoms with Gasteiger partial charge in [-0.2, -0.15) is 17.0 Å². The zero-order valence-electron chi connectivity index (χ0n) is 14.0. The monoisotopic (exact) mass is 325 g/mol. The van der Waals surface area contributed by atoms with Crippen LogP contribution in [0.4, 0.5) is 5.69 Å². The first kappa shape index (κ1) is 17.2. The van der Waals surface area contributed by atoms with Crippen molar-refractivity contribution >= 4 is 15.9 Å². The molecule has 1 aromatic carbocycles. The van der Waals surface area contributed by atoms with E-state index in [4.69, 9.17) is 0 Å². The highest BCUT2D eigenvalue weighted by Gasteiger charge is 2.30. The highest BCUT2D eigenvalue weighted by Crippen LogP contribution is 2.21. The highest BCUT2D eigenvalue weighted by atomic mass is 32.2. The molecule has 0 amide bonds. The van der Waals surface area contributed by atoms with Crippen molar-refractivity contribution in [1.82, 2.24) is 8.61 Å². The summed E-state index contributed by atoms with van der Waals surface area (Å²) in [5.41, 5.74) is 2.11. The van der Waals surface area contributed by atoms with Crippen molar-refractivity contribution in [1.29, 1.82) is 0 Å². The fourth-order valence-electron chi connectivity index (χ4n) is 2.79. The Balaban J connectivity index is 2.05. The Labute approximate surface area is 134 Å². The summed E-state index contributed by atoms with van der Waals surface area (Å²) >= 11 is 0. The molecule has 0 aromatic heterocycles. The lowest BCUT2D eigenvalue weighted by Crippen LogP contribution is -2.45. The predicted molar refractivity (Wildman–Crippen MR) is 91.1 cm³/mol. The summed E-state index contributed by atoms with van der Waals surface area (Å²) in [6.45, 7) is 3.78. The number of nitrogens with zero attached hydrogens (tertiary/aromatic N) is 3. The molecule has 22 heavy (non-hydrogen) atoms. The predicted octanol–water partition coefficient (Wildman–Crippen LogP) is 2.16. The zero-order chi connectivity index (χ0) is 16.3. The molecule has 0 radical (unpaired) electrons. The molecule has 1 fully saturated rings. The topological polar surface area (TPSA) is 43.9 Å². The van der Waals surface area contributed by atoms with Gasteiger partial charge in [0.2, 0.25) is 0 Å². The lowest BCUT2D eigenvalue weighted by Gasteiger charge is -2.33. The smallest absolute Gasteiger partial charge is 0.282 e. The Morgan fingerprint density at radius 2 is 1.82 bits per heavy atom. The summed E-state index contributed by atoms with van der Waals surface area (Å²) in [5.74, 6) is 0.441. The van der Waals surface area contributed by atoms with Crippen LogP contribution in [-0.4, -0.2) is 51.3 Å². The van der Waals surface area contributed by atoms with Gasteiger partial charge in [-0.3, -0.25) is 0 Å². The number of anilines is 1. The Morgan fingerprint density at radius 1 is 1.18 bits per heavy atom. The summed E-state index contributed by atoms with van der Waals surface area (Å²) in [6.07, 6.45) is 2.06. The molecule has 0 bridgehead atoms. The fraction of sp³-hybridized carbons (Fsp3) is 0.625. The molecule has 1 aliphatic rings. The van der Waals surface area contributed by atoms with Gasteiger partial charge in [-0.15, -0.1) is 0 Å². The van der Waals surface area contributed by atoms with Gasteiger partial charge in [-0.25, -0.2) is 0 Å². The van der Waals surface area contributed by atoms with Gasteiger partial charge in [0.1, 0.15) is 0 Å². The van der Waals surface area contributed by atoms with Crippen molar-refractivity contribution in [3.05, 3.63) is 29.8 Å². The first-order valence-corrected chi connectivity index (χ1v) is 9.18. The van der Waals surface area contributed by atoms with E-state index >= 15 is 0 Å². The van der Waals surface area contributed by atoms with Crippen molar-refractivity contribution in [3.63, 3.8) is 0 Å². The molecule has 0 saturated carbocycles. The van der Waals surface area contributed by atoms with E-state index in [0.29, 0.717) is 25.6 Å². The van der Waals surface area contributed by atoms with Gasteiger partial charge in [0.25, 0.3) is 10.2 Å². The third-order valence-corrected chi connectivity index (χ3v) is 6.10. The first-order valence-electron chi connectivity index (χ1n) is 7.78. The molecule has 1 aromatic rings. The maximum Gasteiger partial charge on any atom is 0.282 e. The van der Waals surface area contributed by atoms with Crippen molar-refractivity contribution in [3.8, 4) is 0 Å². The van der Waals surface area contributed by atoms with Crippen LogP contribution in [0.15, 0.2) is 24.3 Å². The van der Waals surface area contributed by atoms with E-state index in [9.17, 15) is 8.42 Å². The molecular weight excluding hydrogens is 298 g/mol. The van der Waals surface area contributed by atoms with Crippen molar-refractivity contribution in [2.24, 2.45) is 5.92 Å². The van der Waals surface area contributed by atoms with Gasteiger partial charge in [0.15, 0.2) is 0 Å². The SMILES string of the molecule is CC1CCCN(S(=O)(=O)N(C)Cc2ccc(N(C)C)cc2)C1. The van der Waals surface area contributed by atoms with Gasteiger partial charge in [0.05, 0.1) is 0 Å². The Morgan fingerprint density at radius 3 is 2.36 bits per heavy atom. The van der Waals surface area contributed by atoms with E-state index in [1.165, 1.54) is 4.31 Å². The Hall–Kier alpha value is -1.11. The molecule has 1 aliphatic heterocycles. The molecule has 0 N–H and O–H groups in total. The van der Waals surface area contributed by atoms with Crippen LogP contribution in [0.3, 0.4) is 0 Å². The number of benzene rings is 1. The maximum absolute atomic E-state index is 12.7. The normalized spacial score (nSPS) is 20.3. The third-order valence-electron chi connectivity index (χ3n) is 4.20. The van der Waals surface area contributed by atoms with Crippen LogP contribution in [0.5, 0.6) is 0 Å². The quantitative estimate of drug-likeness (QED) is 0.833. The molecule has 0 spiro atoms. The van der Waals surface area contributed by atoms with Gasteiger partial charge < -0.3 is 4.90 Å². The summed E-state index contributed by atoms with van der Waals surface area (Å²) in [6, 6.07) is 8.00. The minimum Gasteiger partial charge on any atom is -0.378 e. The third kappa shape index (κ3) is 4.00. The zero-order valence-corrected chi connectivity index (χ0v) is 14.8. The molecule has 1 unspecified atom stereocenters. The van der Waals surface area contributed by atoms with E-state index in [1.807, 2.05) is 43.3 Å². The number of piperidine rings is 1. The summed E-state index contributed by atoms with van der Waals surface area (Å²) < 4.78 is 28.4. The van der Waals surface area contributed by atoms with Crippen LogP contribution in [-0.2, 0) is 16.8 Å². The Bertz CT molecular complexity index is 584. The second-order valence-corrected chi connectivity index (χ2v) is 8.47. The minimum atomic E-state index is -3.36. The fourth-order valence-corrected chi connectivity index (χ4v) is 4.30. The van der Waals surface area contributed by atoms with Gasteiger partial charge in [-0.1, -0.05) is 19.1 Å². The van der Waals surface area contributed by atoms with E-state index in [1.54, 1.807) is 11.4 Å². The molecular formula is C16H27N3O2S. The highest BCUT2D eigenvalue weighted by molar-refractivity contribution is 7.86. The molecule has 6 heteroatoms. The average Bonchev–Trinajstić information content (AvgIpc) is 2.47. The summed E-state index contributed by atoms with van der Waals surface area (Å²) in [5, 5.41) is 0. The number of hydrogen-bond acceptors (Lipinski definition) is 3. The second kappa shape index (κ2) is 6.98. The molecule has 1 heterocycles. The van der Waals surface area contributed by atoms with Crippen molar-refractivity contribution in [2.75, 3.05) is 39.1 Å². The van der Waals surface area contributed by atoms with Crippen LogP contribution < -0.4 is 4.90 Å². The van der Waals surface area contributed by atoms with Crippen molar-refractivity contribution < 1.29 is 8.42 Å². The van der Waals surface area contributed by atoms with E-state index < -0.39 is 10.2 Å². The van der Waals surface area contributed by atoms with E-state index in [0.717, 1.165) is 24.1 Å². The molecule has 5 nitrogen and oxygen atoms in total. The summed E-state index contributed by atoms with van der Waals surface area (Å²) in [4.78, 5) is 2.03. The largest absolute Gasteiger partial charge is 0.378 e. The second-order valence-electron chi connectivity index (χ2n) is 6.43. The maximum atomic E-state index is 12.7. The lowest BCUT2D eigenvalue weighted by molar-refractivity contribution is 0.263. The van der Waals surface area contributed by atoms with Crippen LogP contribution in [0.25, 0.3) is 0 Å². The molecule has 1 saturated heterocycles. The molecule has 124 valence electrons. The molecule has 2 rings (SSSR count).